The fraction of sp³-hybridized carbons (Fsp3) is 0.143. The molecule has 0 radical (unpaired) electrons. The maximum atomic E-state index is 13.9. The molecule has 2 aromatic carbocycles. The largest absolute Gasteiger partial charge is 0.496 e. The van der Waals surface area contributed by atoms with Gasteiger partial charge in [-0.1, -0.05) is 27.5 Å². The van der Waals surface area contributed by atoms with Crippen LogP contribution in [0, 0.1) is 11.6 Å². The van der Waals surface area contributed by atoms with Crippen molar-refractivity contribution in [1.29, 1.82) is 0 Å². The van der Waals surface area contributed by atoms with Gasteiger partial charge in [0.05, 0.1) is 16.4 Å². The van der Waals surface area contributed by atoms with E-state index in [-0.39, 0.29) is 4.47 Å². The molecule has 1 nitrogen and oxygen atoms in total. The summed E-state index contributed by atoms with van der Waals surface area (Å²) in [6, 6.07) is 7.08. The summed E-state index contributed by atoms with van der Waals surface area (Å²) in [5.74, 6) is -0.525. The third kappa shape index (κ3) is 3.15. The molecule has 0 saturated carbocycles. The summed E-state index contributed by atoms with van der Waals surface area (Å²) in [6.07, 6.45) is 0. The zero-order valence-electron chi connectivity index (χ0n) is 10.3. The minimum Gasteiger partial charge on any atom is -0.496 e. The van der Waals surface area contributed by atoms with Crippen LogP contribution in [0.5, 0.6) is 5.75 Å². The lowest BCUT2D eigenvalue weighted by molar-refractivity contribution is 0.406. The molecule has 0 amide bonds. The summed E-state index contributed by atoms with van der Waals surface area (Å²) < 4.78 is 32.8. The molecular weight excluding hydrogens is 417 g/mol. The van der Waals surface area contributed by atoms with E-state index in [0.29, 0.717) is 21.9 Å². The molecule has 2 aromatic rings. The van der Waals surface area contributed by atoms with Crippen LogP contribution in [0.3, 0.4) is 0 Å². The fourth-order valence-corrected chi connectivity index (χ4v) is 3.05. The SMILES string of the molecule is COc1cc(F)c(Br)cc1C(Br)c1cc(Cl)ccc1F. The van der Waals surface area contributed by atoms with Crippen molar-refractivity contribution in [2.75, 3.05) is 7.11 Å². The van der Waals surface area contributed by atoms with Gasteiger partial charge < -0.3 is 4.74 Å². The van der Waals surface area contributed by atoms with Crippen LogP contribution in [0.1, 0.15) is 16.0 Å². The van der Waals surface area contributed by atoms with Crippen LogP contribution >= 0.6 is 43.5 Å². The van der Waals surface area contributed by atoms with Gasteiger partial charge in [0.25, 0.3) is 0 Å². The number of hydrogen-bond acceptors (Lipinski definition) is 1. The van der Waals surface area contributed by atoms with Gasteiger partial charge in [0.15, 0.2) is 0 Å². The smallest absolute Gasteiger partial charge is 0.141 e. The number of methoxy groups -OCH3 is 1. The molecule has 0 saturated heterocycles. The molecule has 0 N–H and O–H groups in total. The average molecular weight is 426 g/mol. The predicted octanol–water partition coefficient (Wildman–Crippen LogP) is 5.87. The van der Waals surface area contributed by atoms with Crippen molar-refractivity contribution >= 4 is 43.5 Å². The minimum atomic E-state index is -0.506. The van der Waals surface area contributed by atoms with E-state index in [2.05, 4.69) is 31.9 Å². The molecule has 0 bridgehead atoms. The Kier molecular flexibility index (Phi) is 5.04. The number of benzene rings is 2. The molecule has 0 fully saturated rings. The maximum Gasteiger partial charge on any atom is 0.141 e. The first kappa shape index (κ1) is 15.7. The Morgan fingerprint density at radius 2 is 1.80 bits per heavy atom. The maximum absolute atomic E-state index is 13.9. The molecule has 1 atom stereocenters. The molecule has 0 spiro atoms. The van der Waals surface area contributed by atoms with Crippen molar-refractivity contribution in [1.82, 2.24) is 0 Å². The Balaban J connectivity index is 2.55. The van der Waals surface area contributed by atoms with Gasteiger partial charge in [-0.3, -0.25) is 0 Å². The summed E-state index contributed by atoms with van der Waals surface area (Å²) in [7, 11) is 1.43. The van der Waals surface area contributed by atoms with Crippen molar-refractivity contribution in [2.24, 2.45) is 0 Å². The topological polar surface area (TPSA) is 9.23 Å². The van der Waals surface area contributed by atoms with Crippen molar-refractivity contribution in [3.63, 3.8) is 0 Å². The van der Waals surface area contributed by atoms with Crippen LogP contribution in [0.4, 0.5) is 8.78 Å². The zero-order chi connectivity index (χ0) is 14.9. The zero-order valence-corrected chi connectivity index (χ0v) is 14.2. The first-order valence-electron chi connectivity index (χ1n) is 5.56. The van der Waals surface area contributed by atoms with E-state index in [1.807, 2.05) is 0 Å². The Bertz CT molecular complexity index is 649. The van der Waals surface area contributed by atoms with Gasteiger partial charge in [0.1, 0.15) is 17.4 Å². The Morgan fingerprint density at radius 3 is 2.45 bits per heavy atom. The molecule has 0 aliphatic heterocycles. The van der Waals surface area contributed by atoms with Gasteiger partial charge in [-0.05, 0) is 40.2 Å². The summed E-state index contributed by atoms with van der Waals surface area (Å²) in [6.45, 7) is 0. The molecule has 106 valence electrons. The molecule has 1 unspecified atom stereocenters. The molecule has 0 aromatic heterocycles. The van der Waals surface area contributed by atoms with Crippen molar-refractivity contribution < 1.29 is 13.5 Å². The lowest BCUT2D eigenvalue weighted by Gasteiger charge is -2.16. The monoisotopic (exact) mass is 424 g/mol. The van der Waals surface area contributed by atoms with E-state index < -0.39 is 16.5 Å². The molecular formula is C14H9Br2ClF2O. The van der Waals surface area contributed by atoms with Gasteiger partial charge in [0.2, 0.25) is 0 Å². The normalized spacial score (nSPS) is 12.3. The third-order valence-corrected chi connectivity index (χ3v) is 4.61. The lowest BCUT2D eigenvalue weighted by atomic mass is 10.0. The first-order valence-corrected chi connectivity index (χ1v) is 7.64. The average Bonchev–Trinajstić information content (AvgIpc) is 2.43. The van der Waals surface area contributed by atoms with Crippen LogP contribution in [-0.4, -0.2) is 7.11 Å². The second kappa shape index (κ2) is 6.41. The van der Waals surface area contributed by atoms with Crippen LogP contribution < -0.4 is 4.74 Å². The Labute approximate surface area is 137 Å². The van der Waals surface area contributed by atoms with E-state index in [1.54, 1.807) is 6.07 Å². The van der Waals surface area contributed by atoms with E-state index in [9.17, 15) is 8.78 Å². The second-order valence-corrected chi connectivity index (χ2v) is 6.24. The molecule has 0 aliphatic rings. The van der Waals surface area contributed by atoms with Crippen LogP contribution in [0.25, 0.3) is 0 Å². The highest BCUT2D eigenvalue weighted by molar-refractivity contribution is 9.10. The number of alkyl halides is 1. The standard InChI is InChI=1S/C14H9Br2ClF2O/c1-20-13-6-12(19)10(15)5-9(13)14(16)8-4-7(17)2-3-11(8)18/h2-6,14H,1H3. The summed E-state index contributed by atoms with van der Waals surface area (Å²) in [5.41, 5.74) is 0.955. The second-order valence-electron chi connectivity index (χ2n) is 4.04. The predicted molar refractivity (Wildman–Crippen MR) is 82.8 cm³/mol. The highest BCUT2D eigenvalue weighted by Crippen LogP contribution is 2.40. The van der Waals surface area contributed by atoms with Gasteiger partial charge in [-0.25, -0.2) is 8.78 Å². The van der Waals surface area contributed by atoms with Crippen LogP contribution in [0.15, 0.2) is 34.8 Å². The minimum absolute atomic E-state index is 0.278. The summed E-state index contributed by atoms with van der Waals surface area (Å²) in [4.78, 5) is -0.506. The number of halogens is 5. The van der Waals surface area contributed by atoms with E-state index >= 15 is 0 Å². The highest BCUT2D eigenvalue weighted by atomic mass is 79.9. The molecule has 6 heteroatoms. The van der Waals surface area contributed by atoms with E-state index in [1.165, 1.54) is 31.4 Å². The molecule has 0 aliphatic carbocycles. The van der Waals surface area contributed by atoms with Crippen molar-refractivity contribution in [2.45, 2.75) is 4.83 Å². The van der Waals surface area contributed by atoms with Gasteiger partial charge in [-0.15, -0.1) is 0 Å². The van der Waals surface area contributed by atoms with Crippen molar-refractivity contribution in [3.8, 4) is 5.75 Å². The highest BCUT2D eigenvalue weighted by Gasteiger charge is 2.21. The Hall–Kier alpha value is -0.650. The van der Waals surface area contributed by atoms with Crippen LogP contribution in [-0.2, 0) is 0 Å². The molecule has 2 rings (SSSR count). The number of rotatable bonds is 3. The summed E-state index contributed by atoms with van der Waals surface area (Å²) in [5, 5.41) is 0.422. The van der Waals surface area contributed by atoms with Crippen LogP contribution in [0.2, 0.25) is 5.02 Å². The number of hydrogen-bond donors (Lipinski definition) is 0. The first-order chi connectivity index (χ1) is 9.43. The van der Waals surface area contributed by atoms with Gasteiger partial charge in [0, 0.05) is 22.2 Å². The fourth-order valence-electron chi connectivity index (χ4n) is 1.80. The number of ether oxygens (including phenoxy) is 1. The van der Waals surface area contributed by atoms with Gasteiger partial charge in [-0.2, -0.15) is 0 Å². The quantitative estimate of drug-likeness (QED) is 0.558. The van der Waals surface area contributed by atoms with E-state index in [0.717, 1.165) is 0 Å². The molecule has 20 heavy (non-hydrogen) atoms. The van der Waals surface area contributed by atoms with Crippen molar-refractivity contribution in [3.05, 3.63) is 62.6 Å². The van der Waals surface area contributed by atoms with Gasteiger partial charge >= 0.3 is 0 Å². The summed E-state index contributed by atoms with van der Waals surface area (Å²) >= 11 is 12.4. The van der Waals surface area contributed by atoms with E-state index in [4.69, 9.17) is 16.3 Å². The lowest BCUT2D eigenvalue weighted by Crippen LogP contribution is -2.01. The third-order valence-electron chi connectivity index (χ3n) is 2.78. The molecule has 0 heterocycles. The Morgan fingerprint density at radius 1 is 1.10 bits per heavy atom.